The van der Waals surface area contributed by atoms with Crippen LogP contribution in [0.3, 0.4) is 0 Å². The molecule has 0 saturated heterocycles. The van der Waals surface area contributed by atoms with Crippen LogP contribution in [0, 0.1) is 0 Å². The van der Waals surface area contributed by atoms with Crippen molar-refractivity contribution < 1.29 is 9.53 Å². The van der Waals surface area contributed by atoms with Crippen LogP contribution in [0.15, 0.2) is 40.9 Å². The largest absolute Gasteiger partial charge is 0.492 e. The zero-order chi connectivity index (χ0) is 15.4. The van der Waals surface area contributed by atoms with Crippen molar-refractivity contribution >= 4 is 50.7 Å². The molecule has 0 aromatic heterocycles. The van der Waals surface area contributed by atoms with Gasteiger partial charge in [0, 0.05) is 9.50 Å². The van der Waals surface area contributed by atoms with E-state index in [1.54, 1.807) is 36.4 Å². The average Bonchev–Trinajstić information content (AvgIpc) is 2.44. The van der Waals surface area contributed by atoms with Gasteiger partial charge in [-0.3, -0.25) is 4.79 Å². The lowest BCUT2D eigenvalue weighted by atomic mass is 10.2. The first kappa shape index (κ1) is 16.1. The predicted octanol–water partition coefficient (Wildman–Crippen LogP) is 5.41. The monoisotopic (exact) mass is 387 g/mol. The number of hydrogen-bond acceptors (Lipinski definition) is 2. The van der Waals surface area contributed by atoms with E-state index in [1.807, 2.05) is 6.92 Å². The van der Waals surface area contributed by atoms with Crippen LogP contribution in [0.2, 0.25) is 10.0 Å². The lowest BCUT2D eigenvalue weighted by molar-refractivity contribution is 0.102. The van der Waals surface area contributed by atoms with Crippen molar-refractivity contribution in [1.29, 1.82) is 0 Å². The summed E-state index contributed by atoms with van der Waals surface area (Å²) in [6.07, 6.45) is 0. The molecule has 0 bridgehead atoms. The predicted molar refractivity (Wildman–Crippen MR) is 89.7 cm³/mol. The molecule has 0 fully saturated rings. The Kier molecular flexibility index (Phi) is 5.51. The van der Waals surface area contributed by atoms with E-state index >= 15 is 0 Å². The van der Waals surface area contributed by atoms with Gasteiger partial charge in [-0.1, -0.05) is 39.1 Å². The molecule has 110 valence electrons. The Morgan fingerprint density at radius 3 is 2.71 bits per heavy atom. The molecule has 0 unspecified atom stereocenters. The summed E-state index contributed by atoms with van der Waals surface area (Å²) in [5, 5.41) is 3.65. The second kappa shape index (κ2) is 7.16. The second-order valence-corrected chi connectivity index (χ2v) is 5.91. The Morgan fingerprint density at radius 2 is 2.00 bits per heavy atom. The van der Waals surface area contributed by atoms with Crippen molar-refractivity contribution in [2.45, 2.75) is 6.92 Å². The Hall–Kier alpha value is -1.23. The highest BCUT2D eigenvalue weighted by Gasteiger charge is 2.14. The molecule has 0 aliphatic carbocycles. The summed E-state index contributed by atoms with van der Waals surface area (Å²) in [6, 6.07) is 10.1. The van der Waals surface area contributed by atoms with Crippen LogP contribution in [0.25, 0.3) is 0 Å². The van der Waals surface area contributed by atoms with Gasteiger partial charge in [0.05, 0.1) is 22.9 Å². The molecule has 0 heterocycles. The molecule has 0 saturated carbocycles. The maximum Gasteiger partial charge on any atom is 0.257 e. The minimum atomic E-state index is -0.329. The molecular formula is C15H12BrCl2NO2. The van der Waals surface area contributed by atoms with E-state index in [0.29, 0.717) is 33.7 Å². The van der Waals surface area contributed by atoms with Gasteiger partial charge in [-0.25, -0.2) is 0 Å². The summed E-state index contributed by atoms with van der Waals surface area (Å²) in [5.74, 6) is 0.228. The van der Waals surface area contributed by atoms with Gasteiger partial charge in [0.1, 0.15) is 5.75 Å². The number of halogens is 3. The van der Waals surface area contributed by atoms with Gasteiger partial charge >= 0.3 is 0 Å². The Morgan fingerprint density at radius 1 is 1.24 bits per heavy atom. The molecule has 2 aromatic carbocycles. The van der Waals surface area contributed by atoms with Crippen molar-refractivity contribution in [2.24, 2.45) is 0 Å². The minimum absolute atomic E-state index is 0.329. The van der Waals surface area contributed by atoms with Gasteiger partial charge in [0.15, 0.2) is 0 Å². The highest BCUT2D eigenvalue weighted by molar-refractivity contribution is 9.10. The van der Waals surface area contributed by atoms with Crippen molar-refractivity contribution in [1.82, 2.24) is 0 Å². The van der Waals surface area contributed by atoms with Crippen LogP contribution >= 0.6 is 39.1 Å². The number of carbonyl (C=O) groups is 1. The third-order valence-electron chi connectivity index (χ3n) is 2.66. The van der Waals surface area contributed by atoms with Crippen LogP contribution in [0.4, 0.5) is 5.69 Å². The molecule has 0 radical (unpaired) electrons. The van der Waals surface area contributed by atoms with E-state index in [-0.39, 0.29) is 5.91 Å². The van der Waals surface area contributed by atoms with E-state index in [4.69, 9.17) is 27.9 Å². The molecular weight excluding hydrogens is 377 g/mol. The number of nitrogens with one attached hydrogen (secondary N) is 1. The summed E-state index contributed by atoms with van der Waals surface area (Å²) in [4.78, 5) is 12.3. The average molecular weight is 389 g/mol. The summed E-state index contributed by atoms with van der Waals surface area (Å²) in [5.41, 5.74) is 0.874. The number of anilines is 1. The molecule has 0 aliphatic heterocycles. The normalized spacial score (nSPS) is 10.3. The molecule has 21 heavy (non-hydrogen) atoms. The van der Waals surface area contributed by atoms with Gasteiger partial charge < -0.3 is 10.1 Å². The van der Waals surface area contributed by atoms with E-state index < -0.39 is 0 Å². The molecule has 2 rings (SSSR count). The first-order chi connectivity index (χ1) is 10.0. The Balaban J connectivity index is 2.31. The molecule has 0 atom stereocenters. The molecule has 1 N–H and O–H groups in total. The van der Waals surface area contributed by atoms with Crippen molar-refractivity contribution in [3.05, 3.63) is 56.5 Å². The van der Waals surface area contributed by atoms with Gasteiger partial charge in [-0.05, 0) is 43.3 Å². The van der Waals surface area contributed by atoms with E-state index in [2.05, 4.69) is 21.2 Å². The topological polar surface area (TPSA) is 38.3 Å². The quantitative estimate of drug-likeness (QED) is 0.760. The maximum absolute atomic E-state index is 12.3. The van der Waals surface area contributed by atoms with E-state index in [9.17, 15) is 4.79 Å². The zero-order valence-electron chi connectivity index (χ0n) is 11.1. The second-order valence-electron chi connectivity index (χ2n) is 4.15. The van der Waals surface area contributed by atoms with Crippen LogP contribution in [0.5, 0.6) is 5.75 Å². The van der Waals surface area contributed by atoms with E-state index in [0.717, 1.165) is 4.47 Å². The number of benzene rings is 2. The van der Waals surface area contributed by atoms with Crippen molar-refractivity contribution in [3.8, 4) is 5.75 Å². The van der Waals surface area contributed by atoms with Crippen molar-refractivity contribution in [3.63, 3.8) is 0 Å². The summed E-state index contributed by atoms with van der Waals surface area (Å²) < 4.78 is 6.24. The van der Waals surface area contributed by atoms with Gasteiger partial charge in [0.25, 0.3) is 5.91 Å². The Labute approximate surface area is 141 Å². The number of hydrogen-bond donors (Lipinski definition) is 1. The smallest absolute Gasteiger partial charge is 0.257 e. The standard InChI is InChI=1S/C15H12BrCl2NO2/c1-2-21-14-6-4-10(17)8-13(14)19-15(20)11-7-9(16)3-5-12(11)18/h3-8H,2H2,1H3,(H,19,20). The maximum atomic E-state index is 12.3. The molecule has 2 aromatic rings. The first-order valence-corrected chi connectivity index (χ1v) is 7.75. The summed E-state index contributed by atoms with van der Waals surface area (Å²) in [6.45, 7) is 2.35. The van der Waals surface area contributed by atoms with Crippen LogP contribution in [0.1, 0.15) is 17.3 Å². The fraction of sp³-hybridized carbons (Fsp3) is 0.133. The van der Waals surface area contributed by atoms with Crippen LogP contribution in [-0.2, 0) is 0 Å². The minimum Gasteiger partial charge on any atom is -0.492 e. The molecule has 0 aliphatic rings. The lowest BCUT2D eigenvalue weighted by Gasteiger charge is -2.12. The number of ether oxygens (including phenoxy) is 1. The zero-order valence-corrected chi connectivity index (χ0v) is 14.2. The summed E-state index contributed by atoms with van der Waals surface area (Å²) in [7, 11) is 0. The first-order valence-electron chi connectivity index (χ1n) is 6.20. The van der Waals surface area contributed by atoms with Gasteiger partial charge in [-0.2, -0.15) is 0 Å². The molecule has 6 heteroatoms. The van der Waals surface area contributed by atoms with Crippen LogP contribution in [-0.4, -0.2) is 12.5 Å². The Bertz CT molecular complexity index is 677. The molecule has 0 spiro atoms. The highest BCUT2D eigenvalue weighted by Crippen LogP contribution is 2.29. The van der Waals surface area contributed by atoms with Gasteiger partial charge in [0.2, 0.25) is 0 Å². The SMILES string of the molecule is CCOc1ccc(Cl)cc1NC(=O)c1cc(Br)ccc1Cl. The summed E-state index contributed by atoms with van der Waals surface area (Å²) >= 11 is 15.3. The third-order valence-corrected chi connectivity index (χ3v) is 3.72. The fourth-order valence-corrected chi connectivity index (χ4v) is 2.48. The van der Waals surface area contributed by atoms with Crippen LogP contribution < -0.4 is 10.1 Å². The third kappa shape index (κ3) is 4.13. The van der Waals surface area contributed by atoms with E-state index in [1.165, 1.54) is 0 Å². The number of carbonyl (C=O) groups excluding carboxylic acids is 1. The fourth-order valence-electron chi connectivity index (χ4n) is 1.74. The highest BCUT2D eigenvalue weighted by atomic mass is 79.9. The number of amides is 1. The lowest BCUT2D eigenvalue weighted by Crippen LogP contribution is -2.13. The van der Waals surface area contributed by atoms with Gasteiger partial charge in [-0.15, -0.1) is 0 Å². The number of rotatable bonds is 4. The van der Waals surface area contributed by atoms with Crippen molar-refractivity contribution in [2.75, 3.05) is 11.9 Å². The molecule has 1 amide bonds. The molecule has 3 nitrogen and oxygen atoms in total.